The number of benzene rings is 2. The number of ether oxygens (including phenoxy) is 1. The molecule has 1 aliphatic heterocycles. The lowest BCUT2D eigenvalue weighted by molar-refractivity contribution is 0.0390. The number of rotatable bonds is 6. The van der Waals surface area contributed by atoms with E-state index in [1.54, 1.807) is 31.4 Å². The summed E-state index contributed by atoms with van der Waals surface area (Å²) < 4.78 is 5.16. The molecule has 1 N–H and O–H groups in total. The van der Waals surface area contributed by atoms with Crippen LogP contribution >= 0.6 is 0 Å². The van der Waals surface area contributed by atoms with Gasteiger partial charge in [0.2, 0.25) is 0 Å². The van der Waals surface area contributed by atoms with Crippen molar-refractivity contribution in [1.29, 1.82) is 0 Å². The standard InChI is InChI=1S/C26H32N2O3/c1-31-23-14-8-19(9-15-23)16-17-27-25(29)21-10-12-22(13-11-21)26(30)28-18-4-6-20-5-2-3-7-24(20)28/h8-15,20,24H,2-7,16-18H2,1H3,(H,27,29). The number of likely N-dealkylation sites (tertiary alicyclic amines) is 1. The Labute approximate surface area is 184 Å². The van der Waals surface area contributed by atoms with Crippen LogP contribution in [-0.2, 0) is 6.42 Å². The van der Waals surface area contributed by atoms with Crippen LogP contribution < -0.4 is 10.1 Å². The van der Waals surface area contributed by atoms with Gasteiger partial charge in [0.1, 0.15) is 5.75 Å². The number of hydrogen-bond donors (Lipinski definition) is 1. The van der Waals surface area contributed by atoms with E-state index in [4.69, 9.17) is 4.74 Å². The highest BCUT2D eigenvalue weighted by Crippen LogP contribution is 2.35. The van der Waals surface area contributed by atoms with Gasteiger partial charge in [0.15, 0.2) is 0 Å². The quantitative estimate of drug-likeness (QED) is 0.750. The van der Waals surface area contributed by atoms with Gasteiger partial charge in [-0.2, -0.15) is 0 Å². The van der Waals surface area contributed by atoms with Gasteiger partial charge in [0, 0.05) is 30.3 Å². The van der Waals surface area contributed by atoms with Crippen LogP contribution in [0.3, 0.4) is 0 Å². The van der Waals surface area contributed by atoms with E-state index in [1.807, 2.05) is 24.3 Å². The molecule has 2 unspecified atom stereocenters. The topological polar surface area (TPSA) is 58.6 Å². The molecule has 2 aliphatic rings. The second-order valence-corrected chi connectivity index (χ2v) is 8.68. The number of nitrogens with zero attached hydrogens (tertiary/aromatic N) is 1. The maximum atomic E-state index is 13.1. The average molecular weight is 421 g/mol. The van der Waals surface area contributed by atoms with E-state index < -0.39 is 0 Å². The first kappa shape index (κ1) is 21.4. The summed E-state index contributed by atoms with van der Waals surface area (Å²) in [5, 5.41) is 2.96. The van der Waals surface area contributed by atoms with Gasteiger partial charge in [-0.05, 0) is 80.0 Å². The number of piperidine rings is 1. The molecule has 2 amide bonds. The molecule has 1 saturated heterocycles. The Hall–Kier alpha value is -2.82. The summed E-state index contributed by atoms with van der Waals surface area (Å²) in [4.78, 5) is 27.7. The minimum Gasteiger partial charge on any atom is -0.497 e. The van der Waals surface area contributed by atoms with Crippen LogP contribution in [0.4, 0.5) is 0 Å². The number of amides is 2. The van der Waals surface area contributed by atoms with Crippen molar-refractivity contribution >= 4 is 11.8 Å². The molecule has 1 aliphatic carbocycles. The molecule has 0 bridgehead atoms. The number of carbonyl (C=O) groups excluding carboxylic acids is 2. The van der Waals surface area contributed by atoms with Crippen LogP contribution in [0.1, 0.15) is 64.8 Å². The second-order valence-electron chi connectivity index (χ2n) is 8.68. The first-order valence-electron chi connectivity index (χ1n) is 11.5. The van der Waals surface area contributed by atoms with Crippen molar-refractivity contribution < 1.29 is 14.3 Å². The highest BCUT2D eigenvalue weighted by atomic mass is 16.5. The molecule has 5 heteroatoms. The zero-order valence-corrected chi connectivity index (χ0v) is 18.3. The molecule has 0 aromatic heterocycles. The number of fused-ring (bicyclic) bond motifs is 1. The van der Waals surface area contributed by atoms with Crippen molar-refractivity contribution in [2.75, 3.05) is 20.2 Å². The molecule has 0 radical (unpaired) electrons. The highest BCUT2D eigenvalue weighted by molar-refractivity contribution is 5.98. The van der Waals surface area contributed by atoms with E-state index in [1.165, 1.54) is 25.7 Å². The molecular weight excluding hydrogens is 388 g/mol. The Morgan fingerprint density at radius 3 is 2.35 bits per heavy atom. The minimum absolute atomic E-state index is 0.113. The van der Waals surface area contributed by atoms with E-state index in [-0.39, 0.29) is 11.8 Å². The molecule has 2 atom stereocenters. The van der Waals surface area contributed by atoms with E-state index in [2.05, 4.69) is 10.2 Å². The maximum absolute atomic E-state index is 13.1. The number of hydrogen-bond acceptors (Lipinski definition) is 3. The molecule has 0 spiro atoms. The summed E-state index contributed by atoms with van der Waals surface area (Å²) in [6, 6.07) is 15.4. The molecule has 2 aromatic rings. The number of nitrogens with one attached hydrogen (secondary N) is 1. The van der Waals surface area contributed by atoms with Crippen LogP contribution in [0.25, 0.3) is 0 Å². The molecule has 164 valence electrons. The van der Waals surface area contributed by atoms with Crippen molar-refractivity contribution in [3.8, 4) is 5.75 Å². The van der Waals surface area contributed by atoms with Gasteiger partial charge in [-0.3, -0.25) is 9.59 Å². The highest BCUT2D eigenvalue weighted by Gasteiger charge is 2.35. The van der Waals surface area contributed by atoms with Crippen molar-refractivity contribution in [3.63, 3.8) is 0 Å². The van der Waals surface area contributed by atoms with Crippen molar-refractivity contribution in [1.82, 2.24) is 10.2 Å². The number of carbonyl (C=O) groups is 2. The summed E-state index contributed by atoms with van der Waals surface area (Å²) in [6.45, 7) is 1.41. The average Bonchev–Trinajstić information content (AvgIpc) is 2.83. The Morgan fingerprint density at radius 2 is 1.61 bits per heavy atom. The fourth-order valence-corrected chi connectivity index (χ4v) is 5.02. The van der Waals surface area contributed by atoms with Crippen LogP contribution in [-0.4, -0.2) is 43.0 Å². The molecular formula is C26H32N2O3. The summed E-state index contributed by atoms with van der Waals surface area (Å²) in [6.07, 6.45) is 8.01. The van der Waals surface area contributed by atoms with Crippen LogP contribution in [0.5, 0.6) is 5.75 Å². The summed E-state index contributed by atoms with van der Waals surface area (Å²) in [7, 11) is 1.65. The van der Waals surface area contributed by atoms with Crippen LogP contribution in [0, 0.1) is 5.92 Å². The number of methoxy groups -OCH3 is 1. The summed E-state index contributed by atoms with van der Waals surface area (Å²) >= 11 is 0. The van der Waals surface area contributed by atoms with E-state index in [9.17, 15) is 9.59 Å². The first-order valence-corrected chi connectivity index (χ1v) is 11.5. The van der Waals surface area contributed by atoms with Gasteiger partial charge in [0.05, 0.1) is 7.11 Å². The van der Waals surface area contributed by atoms with Gasteiger partial charge < -0.3 is 15.0 Å². The molecule has 4 rings (SSSR count). The van der Waals surface area contributed by atoms with Crippen molar-refractivity contribution in [2.24, 2.45) is 5.92 Å². The van der Waals surface area contributed by atoms with Crippen molar-refractivity contribution in [3.05, 3.63) is 65.2 Å². The SMILES string of the molecule is COc1ccc(CCNC(=O)c2ccc(C(=O)N3CCCC4CCCCC43)cc2)cc1. The summed E-state index contributed by atoms with van der Waals surface area (Å²) in [5.41, 5.74) is 2.41. The van der Waals surface area contributed by atoms with E-state index in [0.717, 1.165) is 37.1 Å². The van der Waals surface area contributed by atoms with Gasteiger partial charge >= 0.3 is 0 Å². The van der Waals surface area contributed by atoms with Crippen molar-refractivity contribution in [2.45, 2.75) is 51.0 Å². The predicted molar refractivity (Wildman–Crippen MR) is 121 cm³/mol. The largest absolute Gasteiger partial charge is 0.497 e. The van der Waals surface area contributed by atoms with Gasteiger partial charge in [-0.1, -0.05) is 25.0 Å². The third-order valence-corrected chi connectivity index (χ3v) is 6.76. The minimum atomic E-state index is -0.113. The summed E-state index contributed by atoms with van der Waals surface area (Å²) in [5.74, 6) is 1.49. The Kier molecular flexibility index (Phi) is 6.90. The first-order chi connectivity index (χ1) is 15.2. The Balaban J connectivity index is 1.31. The second kappa shape index (κ2) is 9.99. The Bertz CT molecular complexity index is 890. The lowest BCUT2D eigenvalue weighted by Crippen LogP contribution is -2.49. The smallest absolute Gasteiger partial charge is 0.254 e. The molecule has 2 fully saturated rings. The monoisotopic (exact) mass is 420 g/mol. The maximum Gasteiger partial charge on any atom is 0.254 e. The van der Waals surface area contributed by atoms with E-state index >= 15 is 0 Å². The fourth-order valence-electron chi connectivity index (χ4n) is 5.02. The zero-order valence-electron chi connectivity index (χ0n) is 18.3. The lowest BCUT2D eigenvalue weighted by Gasteiger charge is -2.44. The lowest BCUT2D eigenvalue weighted by atomic mass is 9.78. The third-order valence-electron chi connectivity index (χ3n) is 6.76. The fraction of sp³-hybridized carbons (Fsp3) is 0.462. The Morgan fingerprint density at radius 1 is 0.935 bits per heavy atom. The predicted octanol–water partition coefficient (Wildman–Crippen LogP) is 4.46. The van der Waals surface area contributed by atoms with Crippen LogP contribution in [0.15, 0.2) is 48.5 Å². The molecule has 5 nitrogen and oxygen atoms in total. The normalized spacial score (nSPS) is 20.6. The van der Waals surface area contributed by atoms with Gasteiger partial charge in [-0.25, -0.2) is 0 Å². The molecule has 2 aromatic carbocycles. The zero-order chi connectivity index (χ0) is 21.6. The molecule has 31 heavy (non-hydrogen) atoms. The third kappa shape index (κ3) is 5.09. The van der Waals surface area contributed by atoms with Gasteiger partial charge in [0.25, 0.3) is 11.8 Å². The van der Waals surface area contributed by atoms with Gasteiger partial charge in [-0.15, -0.1) is 0 Å². The van der Waals surface area contributed by atoms with Crippen LogP contribution in [0.2, 0.25) is 0 Å². The molecule has 1 heterocycles. The molecule has 1 saturated carbocycles. The van der Waals surface area contributed by atoms with E-state index in [0.29, 0.717) is 29.6 Å².